The van der Waals surface area contributed by atoms with E-state index >= 15 is 0 Å². The Morgan fingerprint density at radius 2 is 1.82 bits per heavy atom. The van der Waals surface area contributed by atoms with Crippen LogP contribution < -0.4 is 5.32 Å². The maximum Gasteiger partial charge on any atom is 0.258 e. The second kappa shape index (κ2) is 9.35. The standard InChI is InChI=1S/C25H23ClF2N4O/c1-15(2)23-30-13-17(14-31-23)24(33)32-22-19(18-5-3-4-6-20(18)26)9-12-29-21(22)16-7-10-25(27,28)11-8-16/h3-7,9,12-15H,8,10-11H2,1-2H3,(H,32,33). The number of carbonyl (C=O) groups excluding carboxylic acids is 1. The summed E-state index contributed by atoms with van der Waals surface area (Å²) in [5.41, 5.74) is 3.17. The number of alkyl halides is 2. The van der Waals surface area contributed by atoms with E-state index in [9.17, 15) is 13.6 Å². The minimum absolute atomic E-state index is 0.134. The molecule has 2 heterocycles. The van der Waals surface area contributed by atoms with Gasteiger partial charge in [-0.05, 0) is 24.1 Å². The van der Waals surface area contributed by atoms with Gasteiger partial charge in [0.2, 0.25) is 0 Å². The van der Waals surface area contributed by atoms with Crippen LogP contribution in [0.1, 0.15) is 60.9 Å². The molecule has 2 aromatic heterocycles. The lowest BCUT2D eigenvalue weighted by Gasteiger charge is -2.23. The summed E-state index contributed by atoms with van der Waals surface area (Å²) in [6.45, 7) is 3.93. The molecule has 0 atom stereocenters. The van der Waals surface area contributed by atoms with Crippen LogP contribution in [-0.4, -0.2) is 26.8 Å². The summed E-state index contributed by atoms with van der Waals surface area (Å²) in [6, 6.07) is 8.98. The number of hydrogen-bond acceptors (Lipinski definition) is 4. The minimum Gasteiger partial charge on any atom is -0.319 e. The van der Waals surface area contributed by atoms with E-state index < -0.39 is 11.8 Å². The molecule has 1 aliphatic carbocycles. The number of pyridine rings is 1. The van der Waals surface area contributed by atoms with Crippen molar-refractivity contribution in [1.29, 1.82) is 0 Å². The zero-order valence-electron chi connectivity index (χ0n) is 18.3. The van der Waals surface area contributed by atoms with E-state index in [0.717, 1.165) is 0 Å². The van der Waals surface area contributed by atoms with Crippen LogP contribution >= 0.6 is 11.6 Å². The number of nitrogens with zero attached hydrogens (tertiary/aromatic N) is 3. The first-order valence-corrected chi connectivity index (χ1v) is 11.1. The van der Waals surface area contributed by atoms with Crippen molar-refractivity contribution < 1.29 is 13.6 Å². The van der Waals surface area contributed by atoms with Crippen LogP contribution in [0, 0.1) is 0 Å². The zero-order chi connectivity index (χ0) is 23.6. The Balaban J connectivity index is 1.78. The molecule has 0 unspecified atom stereocenters. The lowest BCUT2D eigenvalue weighted by atomic mass is 9.91. The maximum atomic E-state index is 13.7. The number of halogens is 3. The van der Waals surface area contributed by atoms with Crippen molar-refractivity contribution in [3.63, 3.8) is 0 Å². The van der Waals surface area contributed by atoms with E-state index in [4.69, 9.17) is 11.6 Å². The normalized spacial score (nSPS) is 15.3. The number of aromatic nitrogens is 3. The van der Waals surface area contributed by atoms with Gasteiger partial charge < -0.3 is 5.32 Å². The summed E-state index contributed by atoms with van der Waals surface area (Å²) in [4.78, 5) is 26.1. The number of carbonyl (C=O) groups is 1. The number of anilines is 1. The molecule has 4 rings (SSSR count). The van der Waals surface area contributed by atoms with Crippen molar-refractivity contribution in [2.75, 3.05) is 5.32 Å². The molecule has 0 saturated heterocycles. The molecule has 0 aliphatic heterocycles. The Morgan fingerprint density at radius 3 is 2.45 bits per heavy atom. The third-order valence-corrected chi connectivity index (χ3v) is 5.84. The third-order valence-electron chi connectivity index (χ3n) is 5.52. The molecule has 0 fully saturated rings. The summed E-state index contributed by atoms with van der Waals surface area (Å²) in [6.07, 6.45) is 5.57. The van der Waals surface area contributed by atoms with Crippen molar-refractivity contribution in [3.8, 4) is 11.1 Å². The van der Waals surface area contributed by atoms with Gasteiger partial charge in [0.15, 0.2) is 0 Å². The van der Waals surface area contributed by atoms with E-state index in [1.54, 1.807) is 18.3 Å². The fourth-order valence-corrected chi connectivity index (χ4v) is 3.92. The average molecular weight is 469 g/mol. The quantitative estimate of drug-likeness (QED) is 0.448. The van der Waals surface area contributed by atoms with Crippen LogP contribution in [0.5, 0.6) is 0 Å². The van der Waals surface area contributed by atoms with Crippen molar-refractivity contribution in [2.24, 2.45) is 0 Å². The molecule has 0 radical (unpaired) electrons. The second-order valence-electron chi connectivity index (χ2n) is 8.29. The molecule has 0 spiro atoms. The summed E-state index contributed by atoms with van der Waals surface area (Å²) >= 11 is 6.44. The number of nitrogens with one attached hydrogen (secondary N) is 1. The molecular weight excluding hydrogens is 446 g/mol. The molecule has 1 aliphatic rings. The SMILES string of the molecule is CC(C)c1ncc(C(=O)Nc2c(-c3ccccc3Cl)ccnc2C2=CCC(F)(F)CC2)cn1. The second-order valence-corrected chi connectivity index (χ2v) is 8.70. The molecule has 0 saturated carbocycles. The summed E-state index contributed by atoms with van der Waals surface area (Å²) < 4.78 is 27.5. The zero-order valence-corrected chi connectivity index (χ0v) is 19.0. The topological polar surface area (TPSA) is 67.8 Å². The fourth-order valence-electron chi connectivity index (χ4n) is 3.68. The lowest BCUT2D eigenvalue weighted by Crippen LogP contribution is -2.20. The predicted octanol–water partition coefficient (Wildman–Crippen LogP) is 6.77. The van der Waals surface area contributed by atoms with Crippen molar-refractivity contribution in [2.45, 2.75) is 45.0 Å². The molecule has 0 bridgehead atoms. The Bertz CT molecular complexity index is 1210. The van der Waals surface area contributed by atoms with Crippen LogP contribution in [0.25, 0.3) is 16.7 Å². The highest BCUT2D eigenvalue weighted by Crippen LogP contribution is 2.41. The van der Waals surface area contributed by atoms with Gasteiger partial charge in [-0.2, -0.15) is 0 Å². The molecule has 1 aromatic carbocycles. The van der Waals surface area contributed by atoms with Crippen LogP contribution in [0.2, 0.25) is 5.02 Å². The monoisotopic (exact) mass is 468 g/mol. The van der Waals surface area contributed by atoms with Gasteiger partial charge in [-0.3, -0.25) is 9.78 Å². The van der Waals surface area contributed by atoms with E-state index in [1.807, 2.05) is 32.0 Å². The van der Waals surface area contributed by atoms with Gasteiger partial charge in [-0.1, -0.05) is 49.7 Å². The summed E-state index contributed by atoms with van der Waals surface area (Å²) in [7, 11) is 0. The number of allylic oxidation sites excluding steroid dienone is 2. The first kappa shape index (κ1) is 23.0. The maximum absolute atomic E-state index is 13.7. The molecule has 1 N–H and O–H groups in total. The largest absolute Gasteiger partial charge is 0.319 e. The average Bonchev–Trinajstić information content (AvgIpc) is 2.80. The van der Waals surface area contributed by atoms with Crippen molar-refractivity contribution in [1.82, 2.24) is 15.0 Å². The highest BCUT2D eigenvalue weighted by Gasteiger charge is 2.32. The van der Waals surface area contributed by atoms with Crippen molar-refractivity contribution in [3.05, 3.63) is 77.1 Å². The van der Waals surface area contributed by atoms with Gasteiger partial charge in [0.25, 0.3) is 11.8 Å². The first-order valence-electron chi connectivity index (χ1n) is 10.7. The van der Waals surface area contributed by atoms with Gasteiger partial charge in [-0.15, -0.1) is 0 Å². The van der Waals surface area contributed by atoms with E-state index in [-0.39, 0.29) is 30.7 Å². The molecule has 3 aromatic rings. The van der Waals surface area contributed by atoms with Gasteiger partial charge in [-0.25, -0.2) is 18.7 Å². The van der Waals surface area contributed by atoms with Gasteiger partial charge in [0.1, 0.15) is 5.82 Å². The highest BCUT2D eigenvalue weighted by atomic mass is 35.5. The number of rotatable bonds is 5. The Morgan fingerprint density at radius 1 is 1.09 bits per heavy atom. The Hall–Kier alpha value is -3.19. The van der Waals surface area contributed by atoms with Gasteiger partial charge in [0.05, 0.1) is 16.9 Å². The van der Waals surface area contributed by atoms with Crippen LogP contribution in [-0.2, 0) is 0 Å². The summed E-state index contributed by atoms with van der Waals surface area (Å²) in [5, 5.41) is 3.42. The molecule has 170 valence electrons. The number of hydrogen-bond donors (Lipinski definition) is 1. The van der Waals surface area contributed by atoms with Crippen LogP contribution in [0.4, 0.5) is 14.5 Å². The molecule has 8 heteroatoms. The highest BCUT2D eigenvalue weighted by molar-refractivity contribution is 6.33. The molecule has 5 nitrogen and oxygen atoms in total. The number of benzene rings is 1. The van der Waals surface area contributed by atoms with Crippen LogP contribution in [0.15, 0.2) is 55.0 Å². The Kier molecular flexibility index (Phi) is 6.51. The smallest absolute Gasteiger partial charge is 0.258 e. The predicted molar refractivity (Wildman–Crippen MR) is 126 cm³/mol. The van der Waals surface area contributed by atoms with Gasteiger partial charge in [0, 0.05) is 53.5 Å². The third kappa shape index (κ3) is 5.09. The van der Waals surface area contributed by atoms with E-state index in [1.165, 1.54) is 18.5 Å². The summed E-state index contributed by atoms with van der Waals surface area (Å²) in [5.74, 6) is -2.38. The minimum atomic E-state index is -2.73. The fraction of sp³-hybridized carbons (Fsp3) is 0.280. The van der Waals surface area contributed by atoms with Gasteiger partial charge >= 0.3 is 0 Å². The van der Waals surface area contributed by atoms with E-state index in [0.29, 0.717) is 38.9 Å². The molecule has 33 heavy (non-hydrogen) atoms. The van der Waals surface area contributed by atoms with Crippen molar-refractivity contribution >= 4 is 28.8 Å². The van der Waals surface area contributed by atoms with E-state index in [2.05, 4.69) is 20.3 Å². The Labute approximate surface area is 196 Å². The lowest BCUT2D eigenvalue weighted by molar-refractivity contribution is -0.00606. The van der Waals surface area contributed by atoms with Crippen LogP contribution in [0.3, 0.4) is 0 Å². The molecular formula is C25H23ClF2N4O. The first-order chi connectivity index (χ1) is 15.7. The molecule has 1 amide bonds. The number of amides is 1.